The van der Waals surface area contributed by atoms with E-state index in [1.807, 2.05) is 30.3 Å². The van der Waals surface area contributed by atoms with E-state index >= 15 is 4.39 Å². The first kappa shape index (κ1) is 30.2. The summed E-state index contributed by atoms with van der Waals surface area (Å²) < 4.78 is 44.9. The molecule has 3 aromatic rings. The minimum absolute atomic E-state index is 0.138. The number of aryl methyl sites for hydroxylation is 1. The molecule has 1 aliphatic rings. The van der Waals surface area contributed by atoms with E-state index in [4.69, 9.17) is 0 Å². The maximum atomic E-state index is 15.3. The van der Waals surface area contributed by atoms with Crippen molar-refractivity contribution in [1.29, 1.82) is 0 Å². The highest BCUT2D eigenvalue weighted by atomic mass is 19.2. The molecule has 4 rings (SSSR count). The van der Waals surface area contributed by atoms with Crippen molar-refractivity contribution in [3.05, 3.63) is 95.8 Å². The minimum Gasteiger partial charge on any atom is -0.207 e. The molecule has 3 heteroatoms. The Hall–Kier alpha value is -2.81. The lowest BCUT2D eigenvalue weighted by atomic mass is 9.76. The Morgan fingerprint density at radius 3 is 2.12 bits per heavy atom. The average molecular weight is 547 g/mol. The Morgan fingerprint density at radius 2 is 1.43 bits per heavy atom. The van der Waals surface area contributed by atoms with Gasteiger partial charge in [-0.2, -0.15) is 0 Å². The highest BCUT2D eigenvalue weighted by molar-refractivity contribution is 5.71. The quantitative estimate of drug-likeness (QED) is 0.139. The smallest absolute Gasteiger partial charge is 0.166 e. The number of benzene rings is 3. The van der Waals surface area contributed by atoms with Gasteiger partial charge in [0.2, 0.25) is 0 Å². The normalized spacial score (nSPS) is 17.2. The lowest BCUT2D eigenvalue weighted by molar-refractivity contribution is 0.298. The fourth-order valence-electron chi connectivity index (χ4n) is 6.29. The predicted molar refractivity (Wildman–Crippen MR) is 163 cm³/mol. The third-order valence-corrected chi connectivity index (χ3v) is 8.80. The monoisotopic (exact) mass is 546 g/mol. The molecule has 0 bridgehead atoms. The first-order valence-corrected chi connectivity index (χ1v) is 15.5. The van der Waals surface area contributed by atoms with Gasteiger partial charge in [0.15, 0.2) is 11.6 Å². The SMILES string of the molecule is C=CCCCCc1ccc(-c2ccc(-c3ccc(C4CCC(CCCCCCC)CC4)c(F)c3)cc2)c(F)c1F. The van der Waals surface area contributed by atoms with Crippen LogP contribution in [0.3, 0.4) is 0 Å². The molecule has 1 fully saturated rings. The fourth-order valence-corrected chi connectivity index (χ4v) is 6.29. The van der Waals surface area contributed by atoms with E-state index in [0.29, 0.717) is 23.5 Å². The molecule has 0 aromatic heterocycles. The van der Waals surface area contributed by atoms with E-state index in [-0.39, 0.29) is 11.4 Å². The zero-order chi connectivity index (χ0) is 28.3. The lowest BCUT2D eigenvalue weighted by Gasteiger charge is -2.29. The van der Waals surface area contributed by atoms with Crippen LogP contribution in [0.15, 0.2) is 67.3 Å². The summed E-state index contributed by atoms with van der Waals surface area (Å²) in [5.74, 6) is -0.609. The van der Waals surface area contributed by atoms with Crippen LogP contribution in [0.25, 0.3) is 22.3 Å². The summed E-state index contributed by atoms with van der Waals surface area (Å²) in [6.45, 7) is 5.95. The van der Waals surface area contributed by atoms with Gasteiger partial charge in [0.1, 0.15) is 5.82 Å². The summed E-state index contributed by atoms with van der Waals surface area (Å²) in [7, 11) is 0. The minimum atomic E-state index is -0.810. The number of hydrogen-bond donors (Lipinski definition) is 0. The molecule has 0 N–H and O–H groups in total. The maximum Gasteiger partial charge on any atom is 0.166 e. The van der Waals surface area contributed by atoms with Crippen molar-refractivity contribution in [2.75, 3.05) is 0 Å². The number of allylic oxidation sites excluding steroid dienone is 1. The van der Waals surface area contributed by atoms with Crippen molar-refractivity contribution in [3.63, 3.8) is 0 Å². The van der Waals surface area contributed by atoms with Crippen molar-refractivity contribution < 1.29 is 13.2 Å². The zero-order valence-electron chi connectivity index (χ0n) is 24.2. The Balaban J connectivity index is 1.36. The number of rotatable bonds is 14. The second-order valence-corrected chi connectivity index (χ2v) is 11.7. The third kappa shape index (κ3) is 7.89. The van der Waals surface area contributed by atoms with Crippen molar-refractivity contribution in [2.45, 2.75) is 103 Å². The second-order valence-electron chi connectivity index (χ2n) is 11.7. The predicted octanol–water partition coefficient (Wildman–Crippen LogP) is 12.0. The van der Waals surface area contributed by atoms with E-state index in [1.165, 1.54) is 51.4 Å². The molecule has 40 heavy (non-hydrogen) atoms. The number of hydrogen-bond acceptors (Lipinski definition) is 0. The van der Waals surface area contributed by atoms with Crippen molar-refractivity contribution in [3.8, 4) is 22.3 Å². The van der Waals surface area contributed by atoms with Gasteiger partial charge in [-0.3, -0.25) is 0 Å². The average Bonchev–Trinajstić information content (AvgIpc) is 2.98. The molecular weight excluding hydrogens is 501 g/mol. The molecule has 0 radical (unpaired) electrons. The second kappa shape index (κ2) is 15.3. The molecule has 0 unspecified atom stereocenters. The molecule has 214 valence electrons. The maximum absolute atomic E-state index is 15.3. The summed E-state index contributed by atoms with van der Waals surface area (Å²) in [6.07, 6.45) is 17.5. The largest absolute Gasteiger partial charge is 0.207 e. The molecule has 0 aliphatic heterocycles. The fraction of sp³-hybridized carbons (Fsp3) is 0.459. The molecule has 0 atom stereocenters. The van der Waals surface area contributed by atoms with Gasteiger partial charge in [-0.05, 0) is 97.1 Å². The van der Waals surface area contributed by atoms with E-state index in [9.17, 15) is 8.78 Å². The van der Waals surface area contributed by atoms with Gasteiger partial charge in [0, 0.05) is 5.56 Å². The topological polar surface area (TPSA) is 0 Å². The Labute approximate surface area is 239 Å². The summed E-state index contributed by atoms with van der Waals surface area (Å²) in [5.41, 5.74) is 3.77. The Morgan fingerprint density at radius 1 is 0.725 bits per heavy atom. The molecule has 3 aromatic carbocycles. The van der Waals surface area contributed by atoms with E-state index in [2.05, 4.69) is 13.5 Å². The summed E-state index contributed by atoms with van der Waals surface area (Å²) in [4.78, 5) is 0. The molecule has 1 saturated carbocycles. The summed E-state index contributed by atoms with van der Waals surface area (Å²) in [5, 5.41) is 0. The van der Waals surface area contributed by atoms with Crippen LogP contribution in [0.1, 0.15) is 107 Å². The first-order chi connectivity index (χ1) is 19.5. The standard InChI is InChI=1S/C37H45F3/c1-3-5-7-9-10-12-27-14-16-29(17-15-27)33-24-23-32(26-35(33)38)28-18-20-30(21-19-28)34-25-22-31(36(39)37(34)40)13-11-8-6-4-2/h4,18-27,29H,2-3,5-17H2,1H3. The highest BCUT2D eigenvalue weighted by Gasteiger charge is 2.24. The molecule has 1 aliphatic carbocycles. The van der Waals surface area contributed by atoms with Gasteiger partial charge in [-0.1, -0.05) is 100 Å². The van der Waals surface area contributed by atoms with Gasteiger partial charge >= 0.3 is 0 Å². The Bertz CT molecular complexity index is 1220. The van der Waals surface area contributed by atoms with Crippen LogP contribution in [-0.2, 0) is 6.42 Å². The highest BCUT2D eigenvalue weighted by Crippen LogP contribution is 2.39. The summed E-state index contributed by atoms with van der Waals surface area (Å²) >= 11 is 0. The molecular formula is C37H45F3. The van der Waals surface area contributed by atoms with Crippen LogP contribution < -0.4 is 0 Å². The molecule has 0 spiro atoms. The van der Waals surface area contributed by atoms with Gasteiger partial charge in [0.25, 0.3) is 0 Å². The van der Waals surface area contributed by atoms with Crippen LogP contribution in [-0.4, -0.2) is 0 Å². The third-order valence-electron chi connectivity index (χ3n) is 8.80. The first-order valence-electron chi connectivity index (χ1n) is 15.5. The van der Waals surface area contributed by atoms with Crippen molar-refractivity contribution in [1.82, 2.24) is 0 Å². The van der Waals surface area contributed by atoms with Gasteiger partial charge in [0.05, 0.1) is 0 Å². The Kier molecular flexibility index (Phi) is 11.5. The van der Waals surface area contributed by atoms with Gasteiger partial charge in [-0.15, -0.1) is 6.58 Å². The number of halogens is 3. The van der Waals surface area contributed by atoms with Crippen molar-refractivity contribution in [2.24, 2.45) is 5.92 Å². The molecule has 0 heterocycles. The van der Waals surface area contributed by atoms with Gasteiger partial charge in [-0.25, -0.2) is 13.2 Å². The molecule has 0 amide bonds. The van der Waals surface area contributed by atoms with Gasteiger partial charge < -0.3 is 0 Å². The molecule has 0 saturated heterocycles. The lowest BCUT2D eigenvalue weighted by Crippen LogP contribution is -2.14. The summed E-state index contributed by atoms with van der Waals surface area (Å²) in [6, 6.07) is 16.2. The van der Waals surface area contributed by atoms with Crippen LogP contribution in [0.2, 0.25) is 0 Å². The van der Waals surface area contributed by atoms with Crippen LogP contribution in [0.5, 0.6) is 0 Å². The van der Waals surface area contributed by atoms with E-state index < -0.39 is 11.6 Å². The molecule has 0 nitrogen and oxygen atoms in total. The zero-order valence-corrected chi connectivity index (χ0v) is 24.2. The number of unbranched alkanes of at least 4 members (excludes halogenated alkanes) is 6. The van der Waals surface area contributed by atoms with Crippen molar-refractivity contribution >= 4 is 0 Å². The van der Waals surface area contributed by atoms with Crippen LogP contribution in [0.4, 0.5) is 13.2 Å². The van der Waals surface area contributed by atoms with Crippen LogP contribution in [0, 0.1) is 23.4 Å². The van der Waals surface area contributed by atoms with E-state index in [1.54, 1.807) is 30.3 Å². The van der Waals surface area contributed by atoms with E-state index in [0.717, 1.165) is 54.7 Å². The van der Waals surface area contributed by atoms with Crippen LogP contribution >= 0.6 is 0 Å².